The molecule has 0 radical (unpaired) electrons. The summed E-state index contributed by atoms with van der Waals surface area (Å²) in [6.45, 7) is 14.8. The van der Waals surface area contributed by atoms with Crippen LogP contribution in [0, 0.1) is 34.6 Å². The Morgan fingerprint density at radius 3 is 1.57 bits per heavy atom. The minimum atomic E-state index is -3.49. The van der Waals surface area contributed by atoms with Crippen LogP contribution >= 0.6 is 0 Å². The van der Waals surface area contributed by atoms with Crippen LogP contribution in [0.15, 0.2) is 4.90 Å². The Bertz CT molecular complexity index is 689. The number of benzene rings is 1. The summed E-state index contributed by atoms with van der Waals surface area (Å²) in [4.78, 5) is 0.447. The van der Waals surface area contributed by atoms with E-state index in [9.17, 15) is 8.42 Å². The minimum Gasteiger partial charge on any atom is -0.330 e. The number of nitrogens with one attached hydrogen (secondary N) is 3. The number of nitrogens with two attached hydrogens (primary N) is 1. The quantitative estimate of drug-likeness (QED) is 0.351. The van der Waals surface area contributed by atoms with Gasteiger partial charge < -0.3 is 16.4 Å². The van der Waals surface area contributed by atoms with Gasteiger partial charge in [0, 0.05) is 6.54 Å². The third-order valence-corrected chi connectivity index (χ3v) is 7.27. The average molecular weight is 413 g/mol. The molecule has 162 valence electrons. The van der Waals surface area contributed by atoms with E-state index in [2.05, 4.69) is 22.3 Å². The van der Waals surface area contributed by atoms with Gasteiger partial charge in [-0.1, -0.05) is 0 Å². The van der Waals surface area contributed by atoms with E-state index in [4.69, 9.17) is 5.73 Å². The molecule has 0 aliphatic carbocycles. The highest BCUT2D eigenvalue weighted by molar-refractivity contribution is 7.89. The van der Waals surface area contributed by atoms with Crippen LogP contribution < -0.4 is 21.1 Å². The lowest BCUT2D eigenvalue weighted by molar-refractivity contribution is 0.558. The molecule has 0 fully saturated rings. The van der Waals surface area contributed by atoms with Crippen LogP contribution in [0.1, 0.15) is 53.5 Å². The highest BCUT2D eigenvalue weighted by Crippen LogP contribution is 2.29. The van der Waals surface area contributed by atoms with E-state index >= 15 is 0 Å². The van der Waals surface area contributed by atoms with Gasteiger partial charge in [-0.05, 0) is 121 Å². The van der Waals surface area contributed by atoms with Crippen molar-refractivity contribution in [2.24, 2.45) is 5.73 Å². The van der Waals surface area contributed by atoms with Crippen molar-refractivity contribution in [2.75, 3.05) is 39.3 Å². The zero-order chi connectivity index (χ0) is 21.2. The average Bonchev–Trinajstić information content (AvgIpc) is 2.65. The lowest BCUT2D eigenvalue weighted by atomic mass is 9.95. The standard InChI is InChI=1S/C21H40N4O2S/c1-16-17(2)19(4)21(20(5)18(16)3)28(26,27)25-15-9-14-24-12-7-6-11-23-13-8-10-22/h23-25H,6-15,22H2,1-5H3. The molecule has 5 N–H and O–H groups in total. The SMILES string of the molecule is Cc1c(C)c(C)c(S(=O)(=O)NCCCNCCCCNCCCN)c(C)c1C. The number of rotatable bonds is 14. The Hall–Kier alpha value is -0.990. The second-order valence-electron chi connectivity index (χ2n) is 7.55. The van der Waals surface area contributed by atoms with Crippen molar-refractivity contribution in [2.45, 2.75) is 65.2 Å². The third-order valence-electron chi connectivity index (χ3n) is 5.54. The molecule has 0 unspecified atom stereocenters. The molecule has 7 heteroatoms. The van der Waals surface area contributed by atoms with Gasteiger partial charge in [-0.15, -0.1) is 0 Å². The summed E-state index contributed by atoms with van der Waals surface area (Å²) in [7, 11) is -3.49. The summed E-state index contributed by atoms with van der Waals surface area (Å²) in [5.41, 5.74) is 10.4. The Labute approximate surface area is 172 Å². The Balaban J connectivity index is 2.35. The first-order valence-corrected chi connectivity index (χ1v) is 11.9. The zero-order valence-electron chi connectivity index (χ0n) is 18.4. The third kappa shape index (κ3) is 7.44. The molecule has 0 saturated carbocycles. The summed E-state index contributed by atoms with van der Waals surface area (Å²) in [5, 5.41) is 6.74. The summed E-state index contributed by atoms with van der Waals surface area (Å²) >= 11 is 0. The van der Waals surface area contributed by atoms with Crippen molar-refractivity contribution in [1.82, 2.24) is 15.4 Å². The van der Waals surface area contributed by atoms with E-state index in [1.165, 1.54) is 5.56 Å². The minimum absolute atomic E-state index is 0.445. The van der Waals surface area contributed by atoms with Crippen molar-refractivity contribution in [1.29, 1.82) is 0 Å². The molecule has 0 heterocycles. The highest BCUT2D eigenvalue weighted by Gasteiger charge is 2.23. The van der Waals surface area contributed by atoms with Gasteiger partial charge in [-0.2, -0.15) is 0 Å². The predicted molar refractivity (Wildman–Crippen MR) is 119 cm³/mol. The molecule has 0 aromatic heterocycles. The highest BCUT2D eigenvalue weighted by atomic mass is 32.2. The number of sulfonamides is 1. The predicted octanol–water partition coefficient (Wildman–Crippen LogP) is 2.21. The molecule has 1 aromatic rings. The Morgan fingerprint density at radius 2 is 1.07 bits per heavy atom. The molecular formula is C21H40N4O2S. The van der Waals surface area contributed by atoms with Gasteiger partial charge in [0.1, 0.15) is 0 Å². The molecule has 0 saturated heterocycles. The molecule has 0 bridgehead atoms. The van der Waals surface area contributed by atoms with Gasteiger partial charge in [-0.3, -0.25) is 0 Å². The monoisotopic (exact) mass is 412 g/mol. The molecule has 1 rings (SSSR count). The van der Waals surface area contributed by atoms with Crippen LogP contribution in [0.5, 0.6) is 0 Å². The van der Waals surface area contributed by atoms with E-state index in [1.807, 2.05) is 27.7 Å². The summed E-state index contributed by atoms with van der Waals surface area (Å²) < 4.78 is 28.4. The van der Waals surface area contributed by atoms with Crippen molar-refractivity contribution in [3.8, 4) is 0 Å². The first kappa shape index (κ1) is 25.0. The fourth-order valence-corrected chi connectivity index (χ4v) is 5.01. The molecular weight excluding hydrogens is 372 g/mol. The Kier molecular flexibility index (Phi) is 11.2. The summed E-state index contributed by atoms with van der Waals surface area (Å²) in [5.74, 6) is 0. The van der Waals surface area contributed by atoms with Gasteiger partial charge in [0.2, 0.25) is 10.0 Å². The van der Waals surface area contributed by atoms with Crippen LogP contribution in [0.25, 0.3) is 0 Å². The lowest BCUT2D eigenvalue weighted by Crippen LogP contribution is -2.29. The maximum Gasteiger partial charge on any atom is 0.241 e. The topological polar surface area (TPSA) is 96.2 Å². The maximum absolute atomic E-state index is 12.8. The number of hydrogen-bond donors (Lipinski definition) is 4. The first-order chi connectivity index (χ1) is 13.2. The van der Waals surface area contributed by atoms with Crippen molar-refractivity contribution in [3.05, 3.63) is 27.8 Å². The van der Waals surface area contributed by atoms with Gasteiger partial charge in [0.15, 0.2) is 0 Å². The second kappa shape index (κ2) is 12.5. The smallest absolute Gasteiger partial charge is 0.241 e. The van der Waals surface area contributed by atoms with E-state index in [-0.39, 0.29) is 0 Å². The summed E-state index contributed by atoms with van der Waals surface area (Å²) in [6.07, 6.45) is 4.04. The van der Waals surface area contributed by atoms with E-state index in [0.29, 0.717) is 11.4 Å². The van der Waals surface area contributed by atoms with Crippen molar-refractivity contribution in [3.63, 3.8) is 0 Å². The Morgan fingerprint density at radius 1 is 0.643 bits per heavy atom. The maximum atomic E-state index is 12.8. The second-order valence-corrected chi connectivity index (χ2v) is 9.26. The van der Waals surface area contributed by atoms with Crippen LogP contribution in [-0.4, -0.2) is 47.7 Å². The molecule has 6 nitrogen and oxygen atoms in total. The van der Waals surface area contributed by atoms with Crippen LogP contribution in [0.3, 0.4) is 0 Å². The van der Waals surface area contributed by atoms with Gasteiger partial charge in [0.05, 0.1) is 4.90 Å². The first-order valence-electron chi connectivity index (χ1n) is 10.4. The fourth-order valence-electron chi connectivity index (χ4n) is 3.34. The zero-order valence-corrected chi connectivity index (χ0v) is 19.2. The molecule has 1 aromatic carbocycles. The van der Waals surface area contributed by atoms with E-state index in [1.54, 1.807) is 0 Å². The molecule has 0 aliphatic heterocycles. The van der Waals surface area contributed by atoms with E-state index < -0.39 is 10.0 Å². The lowest BCUT2D eigenvalue weighted by Gasteiger charge is -2.19. The fraction of sp³-hybridized carbons (Fsp3) is 0.714. The van der Waals surface area contributed by atoms with Gasteiger partial charge >= 0.3 is 0 Å². The van der Waals surface area contributed by atoms with Crippen LogP contribution in [-0.2, 0) is 10.0 Å². The largest absolute Gasteiger partial charge is 0.330 e. The number of hydrogen-bond acceptors (Lipinski definition) is 5. The van der Waals surface area contributed by atoms with Gasteiger partial charge in [-0.25, -0.2) is 13.1 Å². The van der Waals surface area contributed by atoms with Crippen LogP contribution in [0.2, 0.25) is 0 Å². The molecule has 0 spiro atoms. The van der Waals surface area contributed by atoms with Crippen molar-refractivity contribution < 1.29 is 8.42 Å². The molecule has 28 heavy (non-hydrogen) atoms. The molecule has 0 atom stereocenters. The molecule has 0 amide bonds. The van der Waals surface area contributed by atoms with Crippen LogP contribution in [0.4, 0.5) is 0 Å². The van der Waals surface area contributed by atoms with E-state index in [0.717, 1.165) is 80.7 Å². The summed E-state index contributed by atoms with van der Waals surface area (Å²) in [6, 6.07) is 0. The van der Waals surface area contributed by atoms with Crippen molar-refractivity contribution >= 4 is 10.0 Å². The number of unbranched alkanes of at least 4 members (excludes halogenated alkanes) is 1. The normalized spacial score (nSPS) is 11.9. The molecule has 0 aliphatic rings. The van der Waals surface area contributed by atoms with Gasteiger partial charge in [0.25, 0.3) is 0 Å².